The van der Waals surface area contributed by atoms with Gasteiger partial charge < -0.3 is 9.47 Å². The number of carbonyl (C=O) groups is 1. The second-order valence-electron chi connectivity index (χ2n) is 5.55. The van der Waals surface area contributed by atoms with Gasteiger partial charge in [0.05, 0.1) is 19.9 Å². The summed E-state index contributed by atoms with van der Waals surface area (Å²) in [6.45, 7) is 4.63. The number of aryl methyl sites for hydroxylation is 2. The number of nitrogens with one attached hydrogen (secondary N) is 1. The summed E-state index contributed by atoms with van der Waals surface area (Å²) in [6.07, 6.45) is 0. The average molecular weight is 372 g/mol. The minimum absolute atomic E-state index is 0.270. The number of aromatic nitrogens is 3. The van der Waals surface area contributed by atoms with Gasteiger partial charge in [-0.3, -0.25) is 14.8 Å². The zero-order chi connectivity index (χ0) is 18.7. The van der Waals surface area contributed by atoms with E-state index in [0.29, 0.717) is 22.3 Å². The molecule has 136 valence electrons. The fourth-order valence-electron chi connectivity index (χ4n) is 2.56. The van der Waals surface area contributed by atoms with Crippen molar-refractivity contribution >= 4 is 22.4 Å². The Morgan fingerprint density at radius 3 is 2.65 bits per heavy atom. The first-order valence-corrected chi connectivity index (χ1v) is 8.97. The predicted molar refractivity (Wildman–Crippen MR) is 101 cm³/mol. The van der Waals surface area contributed by atoms with Gasteiger partial charge in [-0.25, -0.2) is 4.98 Å². The van der Waals surface area contributed by atoms with Crippen molar-refractivity contribution in [1.29, 1.82) is 0 Å². The van der Waals surface area contributed by atoms with Crippen molar-refractivity contribution in [1.82, 2.24) is 14.8 Å². The van der Waals surface area contributed by atoms with Crippen molar-refractivity contribution in [2.75, 3.05) is 19.5 Å². The number of thiazole rings is 1. The molecule has 26 heavy (non-hydrogen) atoms. The molecule has 0 radical (unpaired) electrons. The van der Waals surface area contributed by atoms with Gasteiger partial charge in [0.1, 0.15) is 0 Å². The van der Waals surface area contributed by atoms with Gasteiger partial charge in [-0.05, 0) is 38.1 Å². The Bertz CT molecular complexity index is 932. The van der Waals surface area contributed by atoms with Crippen LogP contribution in [0.25, 0.3) is 11.3 Å². The van der Waals surface area contributed by atoms with Crippen LogP contribution in [0.4, 0.5) is 5.13 Å². The highest BCUT2D eigenvalue weighted by Crippen LogP contribution is 2.33. The van der Waals surface area contributed by atoms with E-state index >= 15 is 0 Å². The van der Waals surface area contributed by atoms with E-state index < -0.39 is 0 Å². The third kappa shape index (κ3) is 3.55. The quantitative estimate of drug-likeness (QED) is 0.715. The fraction of sp³-hybridized carbons (Fsp3) is 0.278. The summed E-state index contributed by atoms with van der Waals surface area (Å²) in [5.74, 6) is 1.01. The number of hydrogen-bond acceptors (Lipinski definition) is 6. The first-order valence-electron chi connectivity index (χ1n) is 8.09. The molecule has 2 aromatic heterocycles. The summed E-state index contributed by atoms with van der Waals surface area (Å²) in [5.41, 5.74) is 2.96. The third-order valence-corrected chi connectivity index (χ3v) is 4.68. The maximum atomic E-state index is 12.4. The Labute approximate surface area is 155 Å². The van der Waals surface area contributed by atoms with E-state index in [0.717, 1.165) is 23.5 Å². The van der Waals surface area contributed by atoms with Crippen LogP contribution in [0.5, 0.6) is 11.5 Å². The van der Waals surface area contributed by atoms with Gasteiger partial charge in [0, 0.05) is 23.2 Å². The zero-order valence-corrected chi connectivity index (χ0v) is 15.9. The lowest BCUT2D eigenvalue weighted by Crippen LogP contribution is -2.13. The van der Waals surface area contributed by atoms with E-state index in [2.05, 4.69) is 15.4 Å². The first-order chi connectivity index (χ1) is 12.5. The van der Waals surface area contributed by atoms with E-state index in [1.807, 2.05) is 37.4 Å². The number of ether oxygens (including phenoxy) is 2. The molecule has 1 amide bonds. The number of methoxy groups -OCH3 is 2. The lowest BCUT2D eigenvalue weighted by atomic mass is 10.1. The van der Waals surface area contributed by atoms with Crippen LogP contribution in [-0.2, 0) is 6.54 Å². The second kappa shape index (κ2) is 7.57. The van der Waals surface area contributed by atoms with Crippen LogP contribution in [0, 0.1) is 6.92 Å². The van der Waals surface area contributed by atoms with Crippen molar-refractivity contribution in [3.63, 3.8) is 0 Å². The second-order valence-corrected chi connectivity index (χ2v) is 6.41. The molecule has 0 bridgehead atoms. The van der Waals surface area contributed by atoms with Crippen molar-refractivity contribution in [2.45, 2.75) is 20.4 Å². The normalized spacial score (nSPS) is 10.6. The number of anilines is 1. The molecule has 1 N–H and O–H groups in total. The highest BCUT2D eigenvalue weighted by atomic mass is 32.1. The summed E-state index contributed by atoms with van der Waals surface area (Å²) in [7, 11) is 3.18. The van der Waals surface area contributed by atoms with E-state index in [-0.39, 0.29) is 5.91 Å². The van der Waals surface area contributed by atoms with Gasteiger partial charge in [-0.1, -0.05) is 0 Å². The van der Waals surface area contributed by atoms with Gasteiger partial charge in [0.25, 0.3) is 5.91 Å². The average Bonchev–Trinajstić information content (AvgIpc) is 3.27. The molecule has 0 aliphatic rings. The molecule has 0 aliphatic carbocycles. The molecule has 7 nitrogen and oxygen atoms in total. The van der Waals surface area contributed by atoms with Gasteiger partial charge in [-0.2, -0.15) is 5.10 Å². The molecule has 0 aliphatic heterocycles. The minimum Gasteiger partial charge on any atom is -0.493 e. The third-order valence-electron chi connectivity index (χ3n) is 3.92. The Kier molecular flexibility index (Phi) is 5.22. The topological polar surface area (TPSA) is 78.3 Å². The Morgan fingerprint density at radius 1 is 1.23 bits per heavy atom. The van der Waals surface area contributed by atoms with Crippen LogP contribution in [0.1, 0.15) is 23.1 Å². The summed E-state index contributed by atoms with van der Waals surface area (Å²) in [5, 5.41) is 9.48. The van der Waals surface area contributed by atoms with Crippen molar-refractivity contribution in [3.05, 3.63) is 41.0 Å². The lowest BCUT2D eigenvalue weighted by molar-refractivity contribution is 0.102. The molecule has 0 atom stereocenters. The summed E-state index contributed by atoms with van der Waals surface area (Å²) >= 11 is 1.36. The van der Waals surface area contributed by atoms with Crippen molar-refractivity contribution in [2.24, 2.45) is 0 Å². The van der Waals surface area contributed by atoms with Gasteiger partial charge in [0.15, 0.2) is 22.3 Å². The van der Waals surface area contributed by atoms with Crippen LogP contribution in [0.3, 0.4) is 0 Å². The fourth-order valence-corrected chi connectivity index (χ4v) is 3.28. The molecule has 0 spiro atoms. The molecule has 0 fully saturated rings. The molecule has 8 heteroatoms. The Hall–Kier alpha value is -2.87. The lowest BCUT2D eigenvalue weighted by Gasteiger charge is -2.08. The molecule has 3 aromatic rings. The number of amides is 1. The number of hydrogen-bond donors (Lipinski definition) is 1. The van der Waals surface area contributed by atoms with E-state index in [4.69, 9.17) is 9.47 Å². The SMILES string of the molecule is CCn1nc(C(=O)Nc2nc(-c3ccc(OC)c(OC)c3)cs2)cc1C. The molecular weight excluding hydrogens is 352 g/mol. The van der Waals surface area contributed by atoms with E-state index in [1.54, 1.807) is 25.0 Å². The molecular formula is C18H20N4O3S. The zero-order valence-electron chi connectivity index (χ0n) is 15.1. The standard InChI is InChI=1S/C18H20N4O3S/c1-5-22-11(2)8-13(21-22)17(23)20-18-19-14(10-26-18)12-6-7-15(24-3)16(9-12)25-4/h6-10H,5H2,1-4H3,(H,19,20,23). The van der Waals surface area contributed by atoms with Crippen LogP contribution < -0.4 is 14.8 Å². The maximum Gasteiger partial charge on any atom is 0.277 e. The van der Waals surface area contributed by atoms with Gasteiger partial charge >= 0.3 is 0 Å². The summed E-state index contributed by atoms with van der Waals surface area (Å²) in [4.78, 5) is 16.9. The maximum absolute atomic E-state index is 12.4. The molecule has 3 rings (SSSR count). The van der Waals surface area contributed by atoms with Gasteiger partial charge in [0.2, 0.25) is 0 Å². The molecule has 0 saturated heterocycles. The van der Waals surface area contributed by atoms with Crippen LogP contribution in [0.15, 0.2) is 29.6 Å². The number of nitrogens with zero attached hydrogens (tertiary/aromatic N) is 3. The van der Waals surface area contributed by atoms with Gasteiger partial charge in [-0.15, -0.1) is 11.3 Å². The van der Waals surface area contributed by atoms with Crippen molar-refractivity contribution in [3.8, 4) is 22.8 Å². The van der Waals surface area contributed by atoms with E-state index in [9.17, 15) is 4.79 Å². The molecule has 0 saturated carbocycles. The Balaban J connectivity index is 1.78. The summed E-state index contributed by atoms with van der Waals surface area (Å²) < 4.78 is 12.4. The monoisotopic (exact) mass is 372 g/mol. The minimum atomic E-state index is -0.270. The predicted octanol–water partition coefficient (Wildman–Crippen LogP) is 3.60. The first kappa shape index (κ1) is 17.9. The largest absolute Gasteiger partial charge is 0.493 e. The highest BCUT2D eigenvalue weighted by Gasteiger charge is 2.15. The highest BCUT2D eigenvalue weighted by molar-refractivity contribution is 7.14. The van der Waals surface area contributed by atoms with Crippen LogP contribution in [0.2, 0.25) is 0 Å². The van der Waals surface area contributed by atoms with Crippen LogP contribution >= 0.6 is 11.3 Å². The number of carbonyl (C=O) groups excluding carboxylic acids is 1. The smallest absolute Gasteiger partial charge is 0.277 e. The Morgan fingerprint density at radius 2 is 2.00 bits per heavy atom. The molecule has 1 aromatic carbocycles. The van der Waals surface area contributed by atoms with Crippen LogP contribution in [-0.4, -0.2) is 34.9 Å². The summed E-state index contributed by atoms with van der Waals surface area (Å²) in [6, 6.07) is 7.34. The molecule has 2 heterocycles. The number of rotatable bonds is 6. The molecule has 0 unspecified atom stereocenters. The van der Waals surface area contributed by atoms with Crippen molar-refractivity contribution < 1.29 is 14.3 Å². The van der Waals surface area contributed by atoms with E-state index in [1.165, 1.54) is 11.3 Å². The number of benzene rings is 1.